The molecule has 0 fully saturated rings. The number of aryl methyl sites for hydroxylation is 1. The first kappa shape index (κ1) is 15.9. The predicted molar refractivity (Wildman–Crippen MR) is 69.3 cm³/mol. The van der Waals surface area contributed by atoms with Crippen molar-refractivity contribution in [2.45, 2.75) is 25.6 Å². The normalized spacial score (nSPS) is 11.5. The van der Waals surface area contributed by atoms with Crippen LogP contribution in [0.4, 0.5) is 23.2 Å². The zero-order chi connectivity index (χ0) is 16.2. The molecule has 1 aromatic heterocycles. The average molecular weight is 316 g/mol. The highest BCUT2D eigenvalue weighted by atomic mass is 19.4. The first-order chi connectivity index (χ1) is 10.4. The van der Waals surface area contributed by atoms with Crippen LogP contribution in [-0.2, 0) is 17.5 Å². The Morgan fingerprint density at radius 1 is 1.32 bits per heavy atom. The Labute approximate surface area is 123 Å². The molecule has 0 aliphatic heterocycles. The Kier molecular flexibility index (Phi) is 4.74. The first-order valence-corrected chi connectivity index (χ1v) is 6.35. The van der Waals surface area contributed by atoms with Gasteiger partial charge in [0.15, 0.2) is 0 Å². The smallest absolute Gasteiger partial charge is 0.326 e. The number of amides is 1. The molecule has 1 N–H and O–H groups in total. The number of hydrogen-bond acceptors (Lipinski definition) is 3. The number of aromatic nitrogens is 3. The standard InChI is InChI=1S/C13H12F4N4O/c14-11-4-3-9(6-10(11)13(15,16)17)20-12(22)2-1-5-21-8-18-7-19-21/h3-4,6-8H,1-2,5H2,(H,20,22). The number of nitrogens with one attached hydrogen (secondary N) is 1. The van der Waals surface area contributed by atoms with E-state index in [1.165, 1.54) is 17.3 Å². The van der Waals surface area contributed by atoms with E-state index >= 15 is 0 Å². The number of carbonyl (C=O) groups is 1. The molecule has 0 spiro atoms. The summed E-state index contributed by atoms with van der Waals surface area (Å²) >= 11 is 0. The lowest BCUT2D eigenvalue weighted by Crippen LogP contribution is -2.14. The van der Waals surface area contributed by atoms with Crippen molar-refractivity contribution in [3.05, 3.63) is 42.2 Å². The quantitative estimate of drug-likeness (QED) is 0.863. The molecule has 0 aliphatic rings. The number of carbonyl (C=O) groups excluding carboxylic acids is 1. The molecule has 1 aromatic carbocycles. The second kappa shape index (κ2) is 6.54. The van der Waals surface area contributed by atoms with E-state index in [0.717, 1.165) is 6.07 Å². The number of anilines is 1. The number of alkyl halides is 3. The molecule has 118 valence electrons. The van der Waals surface area contributed by atoms with Gasteiger partial charge in [-0.2, -0.15) is 18.3 Å². The molecular weight excluding hydrogens is 304 g/mol. The van der Waals surface area contributed by atoms with Crippen molar-refractivity contribution >= 4 is 11.6 Å². The van der Waals surface area contributed by atoms with Crippen LogP contribution in [0, 0.1) is 5.82 Å². The van der Waals surface area contributed by atoms with Gasteiger partial charge in [0.1, 0.15) is 18.5 Å². The van der Waals surface area contributed by atoms with E-state index in [2.05, 4.69) is 15.4 Å². The zero-order valence-corrected chi connectivity index (χ0v) is 11.3. The Bertz CT molecular complexity index is 640. The maximum atomic E-state index is 13.1. The molecule has 0 saturated heterocycles. The average Bonchev–Trinajstić information content (AvgIpc) is 2.93. The number of benzene rings is 1. The van der Waals surface area contributed by atoms with Crippen LogP contribution in [0.15, 0.2) is 30.9 Å². The van der Waals surface area contributed by atoms with E-state index in [1.807, 2.05) is 0 Å². The van der Waals surface area contributed by atoms with Crippen LogP contribution in [0.5, 0.6) is 0 Å². The van der Waals surface area contributed by atoms with Crippen molar-refractivity contribution < 1.29 is 22.4 Å². The van der Waals surface area contributed by atoms with E-state index in [1.54, 1.807) is 0 Å². The molecule has 0 aliphatic carbocycles. The van der Waals surface area contributed by atoms with Gasteiger partial charge < -0.3 is 5.32 Å². The summed E-state index contributed by atoms with van der Waals surface area (Å²) in [5.74, 6) is -1.84. The summed E-state index contributed by atoms with van der Waals surface area (Å²) < 4.78 is 52.3. The minimum absolute atomic E-state index is 0.0958. The highest BCUT2D eigenvalue weighted by Gasteiger charge is 2.34. The van der Waals surface area contributed by atoms with Crippen LogP contribution in [0.25, 0.3) is 0 Å². The Hall–Kier alpha value is -2.45. The lowest BCUT2D eigenvalue weighted by molar-refractivity contribution is -0.140. The molecule has 9 heteroatoms. The summed E-state index contributed by atoms with van der Waals surface area (Å²) in [5.41, 5.74) is -1.51. The van der Waals surface area contributed by atoms with Crippen LogP contribution in [0.1, 0.15) is 18.4 Å². The highest BCUT2D eigenvalue weighted by Crippen LogP contribution is 2.32. The Balaban J connectivity index is 1.91. The SMILES string of the molecule is O=C(CCCn1cncn1)Nc1ccc(F)c(C(F)(F)F)c1. The largest absolute Gasteiger partial charge is 0.419 e. The maximum Gasteiger partial charge on any atom is 0.419 e. The highest BCUT2D eigenvalue weighted by molar-refractivity contribution is 5.90. The number of halogens is 4. The van der Waals surface area contributed by atoms with Crippen molar-refractivity contribution in [2.75, 3.05) is 5.32 Å². The van der Waals surface area contributed by atoms with Crippen molar-refractivity contribution in [1.82, 2.24) is 14.8 Å². The summed E-state index contributed by atoms with van der Waals surface area (Å²) in [6.07, 6.45) is -1.41. The fourth-order valence-electron chi connectivity index (χ4n) is 1.79. The predicted octanol–water partition coefficient (Wildman–Crippen LogP) is 2.85. The molecule has 5 nitrogen and oxygen atoms in total. The second-order valence-corrected chi connectivity index (χ2v) is 4.50. The molecule has 2 rings (SSSR count). The van der Waals surface area contributed by atoms with Gasteiger partial charge >= 0.3 is 6.18 Å². The van der Waals surface area contributed by atoms with Crippen molar-refractivity contribution in [1.29, 1.82) is 0 Å². The van der Waals surface area contributed by atoms with Crippen LogP contribution in [-0.4, -0.2) is 20.7 Å². The topological polar surface area (TPSA) is 59.8 Å². The summed E-state index contributed by atoms with van der Waals surface area (Å²) in [6.45, 7) is 0.463. The second-order valence-electron chi connectivity index (χ2n) is 4.50. The van der Waals surface area contributed by atoms with Crippen molar-refractivity contribution in [3.8, 4) is 0 Å². The van der Waals surface area contributed by atoms with E-state index in [9.17, 15) is 22.4 Å². The molecular formula is C13H12F4N4O. The number of hydrogen-bond donors (Lipinski definition) is 1. The van der Waals surface area contributed by atoms with Gasteiger partial charge in [0.05, 0.1) is 5.56 Å². The lowest BCUT2D eigenvalue weighted by Gasteiger charge is -2.11. The minimum Gasteiger partial charge on any atom is -0.326 e. The molecule has 1 heterocycles. The third kappa shape index (κ3) is 4.27. The van der Waals surface area contributed by atoms with Gasteiger partial charge in [-0.05, 0) is 24.6 Å². The van der Waals surface area contributed by atoms with Gasteiger partial charge in [0.2, 0.25) is 5.91 Å². The third-order valence-corrected chi connectivity index (χ3v) is 2.81. The number of rotatable bonds is 5. The van der Waals surface area contributed by atoms with Crippen molar-refractivity contribution in [3.63, 3.8) is 0 Å². The van der Waals surface area contributed by atoms with Gasteiger partial charge in [0, 0.05) is 18.7 Å². The summed E-state index contributed by atoms with van der Waals surface area (Å²) in [4.78, 5) is 15.4. The van der Waals surface area contributed by atoms with Crippen molar-refractivity contribution in [2.24, 2.45) is 0 Å². The monoisotopic (exact) mass is 316 g/mol. The maximum absolute atomic E-state index is 13.1. The molecule has 0 bridgehead atoms. The van der Waals surface area contributed by atoms with Gasteiger partial charge in [-0.25, -0.2) is 9.37 Å². The van der Waals surface area contributed by atoms with Gasteiger partial charge in [0.25, 0.3) is 0 Å². The molecule has 0 radical (unpaired) electrons. The zero-order valence-electron chi connectivity index (χ0n) is 11.3. The van der Waals surface area contributed by atoms with E-state index in [0.29, 0.717) is 25.1 Å². The fraction of sp³-hybridized carbons (Fsp3) is 0.308. The Morgan fingerprint density at radius 2 is 2.09 bits per heavy atom. The fourth-order valence-corrected chi connectivity index (χ4v) is 1.79. The van der Waals surface area contributed by atoms with Gasteiger partial charge in [-0.15, -0.1) is 0 Å². The molecule has 2 aromatic rings. The summed E-state index contributed by atoms with van der Waals surface area (Å²) in [6, 6.07) is 2.33. The summed E-state index contributed by atoms with van der Waals surface area (Å²) in [5, 5.41) is 6.16. The van der Waals surface area contributed by atoms with Crippen LogP contribution in [0.3, 0.4) is 0 Å². The first-order valence-electron chi connectivity index (χ1n) is 6.35. The minimum atomic E-state index is -4.81. The third-order valence-electron chi connectivity index (χ3n) is 2.81. The Morgan fingerprint density at radius 3 is 2.73 bits per heavy atom. The molecule has 22 heavy (non-hydrogen) atoms. The molecule has 1 amide bonds. The number of nitrogens with zero attached hydrogens (tertiary/aromatic N) is 3. The van der Waals surface area contributed by atoms with Crippen LogP contribution in [0.2, 0.25) is 0 Å². The molecule has 0 saturated carbocycles. The summed E-state index contributed by atoms with van der Waals surface area (Å²) in [7, 11) is 0. The lowest BCUT2D eigenvalue weighted by atomic mass is 10.1. The molecule has 0 atom stereocenters. The molecule has 0 unspecified atom stereocenters. The van der Waals surface area contributed by atoms with E-state index < -0.39 is 23.5 Å². The van der Waals surface area contributed by atoms with Crippen LogP contribution >= 0.6 is 0 Å². The van der Waals surface area contributed by atoms with E-state index in [4.69, 9.17) is 0 Å². The van der Waals surface area contributed by atoms with Gasteiger partial charge in [-0.3, -0.25) is 9.48 Å². The van der Waals surface area contributed by atoms with E-state index in [-0.39, 0.29) is 12.1 Å². The van der Waals surface area contributed by atoms with Gasteiger partial charge in [-0.1, -0.05) is 0 Å². The van der Waals surface area contributed by atoms with Crippen LogP contribution < -0.4 is 5.32 Å².